The quantitative estimate of drug-likeness (QED) is 0.812. The second kappa shape index (κ2) is 3.55. The molecular weight excluding hydrogens is 219 g/mol. The molecule has 0 radical (unpaired) electrons. The van der Waals surface area contributed by atoms with E-state index in [0.717, 1.165) is 4.68 Å². The fourth-order valence-corrected chi connectivity index (χ4v) is 1.41. The standard InChI is InChI=1S/C10H8ClFN2O/c1-14-10(15)8(12)9(13-14)6-2-4-7(11)5-3-6/h2-5,15H,1H3. The van der Waals surface area contributed by atoms with Crippen LogP contribution in [0.15, 0.2) is 24.3 Å². The van der Waals surface area contributed by atoms with Crippen LogP contribution in [0.2, 0.25) is 5.02 Å². The summed E-state index contributed by atoms with van der Waals surface area (Å²) >= 11 is 5.71. The molecule has 15 heavy (non-hydrogen) atoms. The van der Waals surface area contributed by atoms with E-state index in [0.29, 0.717) is 10.6 Å². The molecule has 0 saturated carbocycles. The summed E-state index contributed by atoms with van der Waals surface area (Å²) < 4.78 is 14.5. The zero-order chi connectivity index (χ0) is 11.0. The van der Waals surface area contributed by atoms with Gasteiger partial charge >= 0.3 is 0 Å². The number of rotatable bonds is 1. The van der Waals surface area contributed by atoms with E-state index in [2.05, 4.69) is 5.10 Å². The van der Waals surface area contributed by atoms with Crippen LogP contribution in [0.3, 0.4) is 0 Å². The maximum absolute atomic E-state index is 13.4. The van der Waals surface area contributed by atoms with Gasteiger partial charge in [0, 0.05) is 17.6 Å². The molecule has 5 heteroatoms. The summed E-state index contributed by atoms with van der Waals surface area (Å²) in [6, 6.07) is 6.57. The highest BCUT2D eigenvalue weighted by atomic mass is 35.5. The van der Waals surface area contributed by atoms with Crippen molar-refractivity contribution in [3.05, 3.63) is 35.1 Å². The van der Waals surface area contributed by atoms with Crippen molar-refractivity contribution >= 4 is 11.6 Å². The van der Waals surface area contributed by atoms with E-state index >= 15 is 0 Å². The maximum Gasteiger partial charge on any atom is 0.246 e. The first kappa shape index (κ1) is 9.98. The van der Waals surface area contributed by atoms with E-state index in [1.54, 1.807) is 24.3 Å². The minimum Gasteiger partial charge on any atom is -0.491 e. The zero-order valence-electron chi connectivity index (χ0n) is 7.91. The Morgan fingerprint density at radius 2 is 1.93 bits per heavy atom. The van der Waals surface area contributed by atoms with Crippen LogP contribution in [0.4, 0.5) is 4.39 Å². The molecule has 0 aliphatic rings. The number of hydrogen-bond donors (Lipinski definition) is 1. The molecule has 2 rings (SSSR count). The molecule has 0 fully saturated rings. The van der Waals surface area contributed by atoms with Crippen molar-refractivity contribution in [3.8, 4) is 17.1 Å². The number of halogens is 2. The molecule has 0 aliphatic heterocycles. The Bertz CT molecular complexity index is 493. The van der Waals surface area contributed by atoms with E-state index < -0.39 is 11.7 Å². The van der Waals surface area contributed by atoms with E-state index in [-0.39, 0.29) is 5.69 Å². The average Bonchev–Trinajstić information content (AvgIpc) is 2.47. The van der Waals surface area contributed by atoms with Gasteiger partial charge in [-0.05, 0) is 12.1 Å². The fourth-order valence-electron chi connectivity index (χ4n) is 1.28. The van der Waals surface area contributed by atoms with Crippen molar-refractivity contribution in [2.24, 2.45) is 7.05 Å². The number of aromatic hydroxyl groups is 1. The lowest BCUT2D eigenvalue weighted by Crippen LogP contribution is -1.89. The Hall–Kier alpha value is -1.55. The molecule has 0 spiro atoms. The topological polar surface area (TPSA) is 38.0 Å². The predicted molar refractivity (Wildman–Crippen MR) is 55.3 cm³/mol. The van der Waals surface area contributed by atoms with Gasteiger partial charge in [0.25, 0.3) is 0 Å². The second-order valence-electron chi connectivity index (χ2n) is 3.12. The minimum absolute atomic E-state index is 0.117. The summed E-state index contributed by atoms with van der Waals surface area (Å²) in [7, 11) is 1.47. The Kier molecular flexibility index (Phi) is 2.36. The Balaban J connectivity index is 2.54. The third kappa shape index (κ3) is 1.68. The third-order valence-electron chi connectivity index (χ3n) is 2.08. The average molecular weight is 227 g/mol. The predicted octanol–water partition coefficient (Wildman–Crippen LogP) is 2.59. The van der Waals surface area contributed by atoms with Crippen LogP contribution in [0, 0.1) is 5.82 Å². The van der Waals surface area contributed by atoms with Gasteiger partial charge in [0.1, 0.15) is 5.69 Å². The van der Waals surface area contributed by atoms with Crippen LogP contribution in [-0.4, -0.2) is 14.9 Å². The van der Waals surface area contributed by atoms with Gasteiger partial charge in [-0.2, -0.15) is 9.49 Å². The van der Waals surface area contributed by atoms with E-state index in [9.17, 15) is 9.50 Å². The molecule has 0 aliphatic carbocycles. The monoisotopic (exact) mass is 226 g/mol. The molecule has 0 unspecified atom stereocenters. The van der Waals surface area contributed by atoms with Crippen molar-refractivity contribution in [1.82, 2.24) is 9.78 Å². The van der Waals surface area contributed by atoms with E-state index in [1.165, 1.54) is 7.05 Å². The van der Waals surface area contributed by atoms with Crippen LogP contribution in [0.25, 0.3) is 11.3 Å². The number of nitrogens with zero attached hydrogens (tertiary/aromatic N) is 2. The lowest BCUT2D eigenvalue weighted by Gasteiger charge is -1.96. The molecule has 3 nitrogen and oxygen atoms in total. The highest BCUT2D eigenvalue weighted by molar-refractivity contribution is 6.30. The molecule has 2 aromatic rings. The highest BCUT2D eigenvalue weighted by Gasteiger charge is 2.16. The fraction of sp³-hybridized carbons (Fsp3) is 0.100. The van der Waals surface area contributed by atoms with Gasteiger partial charge in [-0.1, -0.05) is 23.7 Å². The van der Waals surface area contributed by atoms with Crippen LogP contribution in [-0.2, 0) is 7.05 Å². The van der Waals surface area contributed by atoms with E-state index in [4.69, 9.17) is 11.6 Å². The van der Waals surface area contributed by atoms with Gasteiger partial charge < -0.3 is 5.11 Å². The van der Waals surface area contributed by atoms with Gasteiger partial charge in [0.15, 0.2) is 0 Å². The molecule has 1 heterocycles. The zero-order valence-corrected chi connectivity index (χ0v) is 8.66. The van der Waals surface area contributed by atoms with E-state index in [1.807, 2.05) is 0 Å². The minimum atomic E-state index is -0.722. The molecule has 0 amide bonds. The first-order valence-corrected chi connectivity index (χ1v) is 4.65. The normalized spacial score (nSPS) is 10.6. The molecule has 0 atom stereocenters. The van der Waals surface area contributed by atoms with Gasteiger partial charge in [-0.15, -0.1) is 0 Å². The summed E-state index contributed by atoms with van der Waals surface area (Å²) in [5, 5.41) is 13.7. The summed E-state index contributed by atoms with van der Waals surface area (Å²) in [5.41, 5.74) is 0.694. The van der Waals surface area contributed by atoms with Crippen molar-refractivity contribution in [3.63, 3.8) is 0 Å². The van der Waals surface area contributed by atoms with Crippen molar-refractivity contribution in [1.29, 1.82) is 0 Å². The largest absolute Gasteiger partial charge is 0.491 e. The third-order valence-corrected chi connectivity index (χ3v) is 2.33. The number of aromatic nitrogens is 2. The Labute approximate surface area is 90.7 Å². The molecule has 1 aromatic heterocycles. The SMILES string of the molecule is Cn1nc(-c2ccc(Cl)cc2)c(F)c1O. The van der Waals surface area contributed by atoms with Crippen molar-refractivity contribution in [2.45, 2.75) is 0 Å². The first-order chi connectivity index (χ1) is 7.09. The second-order valence-corrected chi connectivity index (χ2v) is 3.55. The molecule has 0 bridgehead atoms. The van der Waals surface area contributed by atoms with Gasteiger partial charge in [0.05, 0.1) is 0 Å². The highest BCUT2D eigenvalue weighted by Crippen LogP contribution is 2.27. The summed E-state index contributed by atoms with van der Waals surface area (Å²) in [6.07, 6.45) is 0. The lowest BCUT2D eigenvalue weighted by molar-refractivity contribution is 0.390. The number of benzene rings is 1. The maximum atomic E-state index is 13.4. The Morgan fingerprint density at radius 3 is 2.40 bits per heavy atom. The number of hydrogen-bond acceptors (Lipinski definition) is 2. The van der Waals surface area contributed by atoms with Crippen LogP contribution in [0.1, 0.15) is 0 Å². The molecule has 1 N–H and O–H groups in total. The summed E-state index contributed by atoms with van der Waals surface area (Å²) in [6.45, 7) is 0. The van der Waals surface area contributed by atoms with Gasteiger partial charge in [0.2, 0.25) is 11.7 Å². The Morgan fingerprint density at radius 1 is 1.33 bits per heavy atom. The lowest BCUT2D eigenvalue weighted by atomic mass is 10.1. The molecular formula is C10H8ClFN2O. The van der Waals surface area contributed by atoms with Gasteiger partial charge in [-0.3, -0.25) is 0 Å². The molecule has 1 aromatic carbocycles. The van der Waals surface area contributed by atoms with Gasteiger partial charge in [-0.25, -0.2) is 4.68 Å². The van der Waals surface area contributed by atoms with Crippen LogP contribution < -0.4 is 0 Å². The van der Waals surface area contributed by atoms with Crippen LogP contribution >= 0.6 is 11.6 Å². The summed E-state index contributed by atoms with van der Waals surface area (Å²) in [4.78, 5) is 0. The molecule has 0 saturated heterocycles. The summed E-state index contributed by atoms with van der Waals surface area (Å²) in [5.74, 6) is -1.19. The molecule has 78 valence electrons. The number of aryl methyl sites for hydroxylation is 1. The smallest absolute Gasteiger partial charge is 0.246 e. The van der Waals surface area contributed by atoms with Crippen molar-refractivity contribution < 1.29 is 9.50 Å². The van der Waals surface area contributed by atoms with Crippen molar-refractivity contribution in [2.75, 3.05) is 0 Å². The van der Waals surface area contributed by atoms with Crippen LogP contribution in [0.5, 0.6) is 5.88 Å². The first-order valence-electron chi connectivity index (χ1n) is 4.27.